The van der Waals surface area contributed by atoms with E-state index in [1.807, 2.05) is 0 Å². The molecule has 5 nitrogen and oxygen atoms in total. The zero-order valence-corrected chi connectivity index (χ0v) is 5.96. The summed E-state index contributed by atoms with van der Waals surface area (Å²) in [6.45, 7) is 3.53. The summed E-state index contributed by atoms with van der Waals surface area (Å²) in [5.41, 5.74) is 10.2. The van der Waals surface area contributed by atoms with Crippen LogP contribution in [0.1, 0.15) is 19.7 Å². The molecule has 1 aromatic rings. The number of nitrogen functional groups attached to an aromatic ring is 1. The predicted octanol–water partition coefficient (Wildman–Crippen LogP) is -0.154. The lowest BCUT2D eigenvalue weighted by Gasteiger charge is -2.10. The van der Waals surface area contributed by atoms with Crippen molar-refractivity contribution in [1.29, 1.82) is 0 Å². The minimum Gasteiger partial charge on any atom is -0.365 e. The normalized spacial score (nSPS) is 11.9. The van der Waals surface area contributed by atoms with Gasteiger partial charge in [-0.05, 0) is 19.0 Å². The highest BCUT2D eigenvalue weighted by molar-refractivity contribution is 5.13. The Balaban J connectivity index is 2.96. The zero-order chi connectivity index (χ0) is 7.78. The van der Waals surface area contributed by atoms with Gasteiger partial charge in [0.2, 0.25) is 5.89 Å². The molecule has 1 aromatic heterocycles. The Labute approximate surface area is 58.4 Å². The standard InChI is InChI=1S/C5H10N4O/c1-5(2,7)3-8-4(6)9-10-3/h7H2,1-2H3,(H2,6,9). The molecule has 0 aromatic carbocycles. The molecule has 0 aliphatic rings. The fraction of sp³-hybridized carbons (Fsp3) is 0.600. The van der Waals surface area contributed by atoms with Crippen LogP contribution in [0.3, 0.4) is 0 Å². The Kier molecular flexibility index (Phi) is 1.37. The van der Waals surface area contributed by atoms with E-state index >= 15 is 0 Å². The second kappa shape index (κ2) is 1.95. The van der Waals surface area contributed by atoms with Crippen LogP contribution in [0.5, 0.6) is 0 Å². The van der Waals surface area contributed by atoms with Crippen LogP contribution < -0.4 is 11.5 Å². The lowest BCUT2D eigenvalue weighted by molar-refractivity contribution is 0.312. The molecular weight excluding hydrogens is 132 g/mol. The van der Waals surface area contributed by atoms with E-state index < -0.39 is 5.54 Å². The number of hydrogen-bond acceptors (Lipinski definition) is 5. The highest BCUT2D eigenvalue weighted by Gasteiger charge is 2.21. The molecule has 5 heteroatoms. The molecule has 0 radical (unpaired) electrons. The molecule has 4 N–H and O–H groups in total. The van der Waals surface area contributed by atoms with Gasteiger partial charge in [-0.25, -0.2) is 0 Å². The van der Waals surface area contributed by atoms with E-state index in [-0.39, 0.29) is 5.95 Å². The van der Waals surface area contributed by atoms with E-state index in [1.165, 1.54) is 0 Å². The summed E-state index contributed by atoms with van der Waals surface area (Å²) in [5.74, 6) is 0.471. The van der Waals surface area contributed by atoms with Crippen LogP contribution in [0.2, 0.25) is 0 Å². The molecule has 1 heterocycles. The van der Waals surface area contributed by atoms with Crippen molar-refractivity contribution in [3.05, 3.63) is 5.89 Å². The summed E-state index contributed by atoms with van der Waals surface area (Å²) in [6.07, 6.45) is 0. The van der Waals surface area contributed by atoms with Gasteiger partial charge in [0.1, 0.15) is 0 Å². The monoisotopic (exact) mass is 142 g/mol. The molecule has 1 rings (SSSR count). The van der Waals surface area contributed by atoms with Crippen LogP contribution in [0.25, 0.3) is 0 Å². The molecule has 56 valence electrons. The Bertz CT molecular complexity index is 224. The third-order valence-corrected chi connectivity index (χ3v) is 0.993. The van der Waals surface area contributed by atoms with Gasteiger partial charge >= 0.3 is 0 Å². The Hall–Kier alpha value is -1.10. The molecular formula is C5H10N4O. The lowest BCUT2D eigenvalue weighted by atomic mass is 10.1. The molecule has 0 unspecified atom stereocenters. The Morgan fingerprint density at radius 1 is 1.50 bits per heavy atom. The van der Waals surface area contributed by atoms with Crippen molar-refractivity contribution in [2.75, 3.05) is 5.73 Å². The lowest BCUT2D eigenvalue weighted by Crippen LogP contribution is -2.29. The van der Waals surface area contributed by atoms with Gasteiger partial charge in [-0.3, -0.25) is 0 Å². The van der Waals surface area contributed by atoms with E-state index in [0.29, 0.717) is 5.89 Å². The van der Waals surface area contributed by atoms with Gasteiger partial charge in [-0.1, -0.05) is 0 Å². The van der Waals surface area contributed by atoms with Gasteiger partial charge < -0.3 is 16.0 Å². The number of nitrogens with two attached hydrogens (primary N) is 2. The summed E-state index contributed by atoms with van der Waals surface area (Å²) in [7, 11) is 0. The first-order valence-corrected chi connectivity index (χ1v) is 2.88. The van der Waals surface area contributed by atoms with Crippen molar-refractivity contribution in [3.63, 3.8) is 0 Å². The average Bonchev–Trinajstić information content (AvgIpc) is 2.11. The molecule has 0 spiro atoms. The van der Waals surface area contributed by atoms with E-state index in [0.717, 1.165) is 0 Å². The van der Waals surface area contributed by atoms with Crippen LogP contribution in [-0.2, 0) is 5.54 Å². The number of hydrogen-bond donors (Lipinski definition) is 2. The minimum absolute atomic E-state index is 0.119. The van der Waals surface area contributed by atoms with Crippen LogP contribution in [0.4, 0.5) is 5.95 Å². The molecule has 0 aliphatic heterocycles. The van der Waals surface area contributed by atoms with Crippen LogP contribution in [0, 0.1) is 0 Å². The third kappa shape index (κ3) is 1.24. The molecule has 0 saturated carbocycles. The molecule has 0 amide bonds. The van der Waals surface area contributed by atoms with Gasteiger partial charge in [0.05, 0.1) is 5.54 Å². The Morgan fingerprint density at radius 2 is 2.10 bits per heavy atom. The largest absolute Gasteiger partial charge is 0.365 e. The van der Waals surface area contributed by atoms with E-state index in [9.17, 15) is 0 Å². The van der Waals surface area contributed by atoms with Crippen LogP contribution in [0.15, 0.2) is 4.52 Å². The summed E-state index contributed by atoms with van der Waals surface area (Å²) in [6, 6.07) is 0. The van der Waals surface area contributed by atoms with Crippen molar-refractivity contribution >= 4 is 5.95 Å². The summed E-state index contributed by atoms with van der Waals surface area (Å²) in [4.78, 5) is 3.76. The van der Waals surface area contributed by atoms with E-state index in [4.69, 9.17) is 16.0 Å². The maximum atomic E-state index is 5.62. The first-order valence-electron chi connectivity index (χ1n) is 2.88. The molecule has 10 heavy (non-hydrogen) atoms. The van der Waals surface area contributed by atoms with Gasteiger partial charge in [0.25, 0.3) is 5.95 Å². The maximum absolute atomic E-state index is 5.62. The fourth-order valence-corrected chi connectivity index (χ4v) is 0.497. The first-order chi connectivity index (χ1) is 4.50. The van der Waals surface area contributed by atoms with Gasteiger partial charge in [-0.15, -0.1) is 0 Å². The van der Waals surface area contributed by atoms with E-state index in [2.05, 4.69) is 10.1 Å². The number of nitrogens with zero attached hydrogens (tertiary/aromatic N) is 2. The minimum atomic E-state index is -0.607. The third-order valence-electron chi connectivity index (χ3n) is 0.993. The second-order valence-corrected chi connectivity index (χ2v) is 2.68. The zero-order valence-electron chi connectivity index (χ0n) is 5.96. The number of aromatic nitrogens is 2. The summed E-state index contributed by atoms with van der Waals surface area (Å²) in [5, 5.41) is 3.39. The first kappa shape index (κ1) is 7.01. The topological polar surface area (TPSA) is 91.0 Å². The Morgan fingerprint density at radius 3 is 2.30 bits per heavy atom. The second-order valence-electron chi connectivity index (χ2n) is 2.68. The van der Waals surface area contributed by atoms with Crippen molar-refractivity contribution in [3.8, 4) is 0 Å². The van der Waals surface area contributed by atoms with Crippen LogP contribution in [-0.4, -0.2) is 10.1 Å². The SMILES string of the molecule is CC(C)(N)c1nc(N)no1. The highest BCUT2D eigenvalue weighted by atomic mass is 16.5. The van der Waals surface area contributed by atoms with Crippen molar-refractivity contribution in [2.45, 2.75) is 19.4 Å². The van der Waals surface area contributed by atoms with Gasteiger partial charge in [-0.2, -0.15) is 4.98 Å². The van der Waals surface area contributed by atoms with Gasteiger partial charge in [0.15, 0.2) is 0 Å². The molecule has 0 fully saturated rings. The van der Waals surface area contributed by atoms with E-state index in [1.54, 1.807) is 13.8 Å². The van der Waals surface area contributed by atoms with Crippen molar-refractivity contribution in [2.24, 2.45) is 5.73 Å². The quantitative estimate of drug-likeness (QED) is 0.568. The summed E-state index contributed by atoms with van der Waals surface area (Å²) >= 11 is 0. The molecule has 0 atom stereocenters. The molecule has 0 saturated heterocycles. The molecule has 0 aliphatic carbocycles. The van der Waals surface area contributed by atoms with Crippen LogP contribution >= 0.6 is 0 Å². The smallest absolute Gasteiger partial charge is 0.260 e. The van der Waals surface area contributed by atoms with Crippen molar-refractivity contribution < 1.29 is 4.52 Å². The molecule has 0 bridgehead atoms. The number of anilines is 1. The highest BCUT2D eigenvalue weighted by Crippen LogP contribution is 2.13. The van der Waals surface area contributed by atoms with Crippen molar-refractivity contribution in [1.82, 2.24) is 10.1 Å². The number of rotatable bonds is 1. The predicted molar refractivity (Wildman–Crippen MR) is 35.9 cm³/mol. The fourth-order valence-electron chi connectivity index (χ4n) is 0.497. The maximum Gasteiger partial charge on any atom is 0.260 e. The van der Waals surface area contributed by atoms with Gasteiger partial charge in [0, 0.05) is 0 Å². The average molecular weight is 142 g/mol. The summed E-state index contributed by atoms with van der Waals surface area (Å²) < 4.78 is 4.72.